The van der Waals surface area contributed by atoms with Crippen molar-refractivity contribution in [3.63, 3.8) is 0 Å². The van der Waals surface area contributed by atoms with Gasteiger partial charge >= 0.3 is 17.6 Å². The molecule has 38 heavy (non-hydrogen) atoms. The Balaban J connectivity index is 1.40. The minimum absolute atomic E-state index is 0.0584. The summed E-state index contributed by atoms with van der Waals surface area (Å²) < 4.78 is 25.5. The number of halogens is 3. The lowest BCUT2D eigenvalue weighted by atomic mass is 10.1. The quantitative estimate of drug-likeness (QED) is 0.0823. The van der Waals surface area contributed by atoms with Crippen LogP contribution in [0.5, 0.6) is 17.5 Å². The van der Waals surface area contributed by atoms with Crippen molar-refractivity contribution in [2.24, 2.45) is 0 Å². The molecule has 13 heteroatoms. The van der Waals surface area contributed by atoms with Gasteiger partial charge in [-0.15, -0.1) is 16.1 Å². The summed E-state index contributed by atoms with van der Waals surface area (Å²) in [4.78, 5) is 42.3. The Morgan fingerprint density at radius 2 is 1.79 bits per heavy atom. The number of hydrogen-bond donors (Lipinski definition) is 2. The van der Waals surface area contributed by atoms with E-state index >= 15 is 0 Å². The van der Waals surface area contributed by atoms with Crippen molar-refractivity contribution < 1.29 is 38.2 Å². The first-order valence-electron chi connectivity index (χ1n) is 11.3. The van der Waals surface area contributed by atoms with E-state index in [1.165, 1.54) is 29.5 Å². The summed E-state index contributed by atoms with van der Waals surface area (Å²) in [5, 5.41) is 18.6. The Bertz CT molecular complexity index is 1570. The highest BCUT2D eigenvalue weighted by Gasteiger charge is 2.24. The van der Waals surface area contributed by atoms with Gasteiger partial charge in [0.05, 0.1) is 10.6 Å². The summed E-state index contributed by atoms with van der Waals surface area (Å²) in [7, 11) is 0. The van der Waals surface area contributed by atoms with E-state index in [1.807, 2.05) is 6.07 Å². The van der Waals surface area contributed by atoms with Crippen molar-refractivity contribution in [2.45, 2.75) is 39.0 Å². The molecule has 0 aliphatic rings. The molecule has 4 aromatic rings. The average molecular weight is 584 g/mol. The maximum Gasteiger partial charge on any atom is 0.345 e. The Morgan fingerprint density at radius 3 is 2.47 bits per heavy atom. The zero-order valence-electron chi connectivity index (χ0n) is 19.8. The molecule has 0 unspecified atom stereocenters. The van der Waals surface area contributed by atoms with Gasteiger partial charge in [0, 0.05) is 40.6 Å². The average Bonchev–Trinajstić information content (AvgIpc) is 3.46. The number of fused-ring (bicyclic) bond motifs is 1. The second kappa shape index (κ2) is 11.5. The summed E-state index contributed by atoms with van der Waals surface area (Å²) in [6, 6.07) is 7.38. The lowest BCUT2D eigenvalue weighted by molar-refractivity contribution is -0.145. The number of ether oxygens (including phenoxy) is 1. The Kier molecular flexibility index (Phi) is 8.29. The fourth-order valence-corrected chi connectivity index (χ4v) is 5.17. The fourth-order valence-electron chi connectivity index (χ4n) is 3.67. The number of aryl methyl sites for hydroxylation is 1. The SMILES string of the molecule is CC(=O)Oc1c(Cl)c(Cl)c2cc(-c3ccc(CCCCCC(=O)On4c(O)ccc4O)s3)c(=O)oc2c1F. The van der Waals surface area contributed by atoms with E-state index in [-0.39, 0.29) is 39.2 Å². The number of unbranched alkanes of at least 4 members (excludes halogenated alkanes) is 2. The molecule has 0 bridgehead atoms. The standard InChI is InChI=1S/C25H20Cl2FNO8S/c1-12(30)35-24-21(27)20(26)15-11-14(25(34)36-23(15)22(24)28)16-8-7-13(38-16)5-3-2-4-6-19(33)37-29-17(31)9-10-18(29)32/h7-11,31-32H,2-6H2,1H3. The molecule has 2 N–H and O–H groups in total. The Morgan fingerprint density at radius 1 is 1.08 bits per heavy atom. The van der Waals surface area contributed by atoms with E-state index in [0.717, 1.165) is 18.2 Å². The Hall–Kier alpha value is -3.54. The highest BCUT2D eigenvalue weighted by molar-refractivity contribution is 7.15. The third kappa shape index (κ3) is 5.79. The lowest BCUT2D eigenvalue weighted by Crippen LogP contribution is -2.18. The molecule has 3 aromatic heterocycles. The minimum atomic E-state index is -1.11. The van der Waals surface area contributed by atoms with Crippen molar-refractivity contribution in [3.8, 4) is 28.0 Å². The normalized spacial score (nSPS) is 11.2. The molecule has 9 nitrogen and oxygen atoms in total. The van der Waals surface area contributed by atoms with Gasteiger partial charge in [0.1, 0.15) is 5.02 Å². The second-order valence-corrected chi connectivity index (χ2v) is 10.1. The number of aromatic nitrogens is 1. The third-order valence-corrected chi connectivity index (χ3v) is 7.47. The molecule has 1 aromatic carbocycles. The number of thiophene rings is 1. The van der Waals surface area contributed by atoms with E-state index < -0.39 is 34.7 Å². The zero-order valence-corrected chi connectivity index (χ0v) is 22.1. The first-order chi connectivity index (χ1) is 18.1. The summed E-state index contributed by atoms with van der Waals surface area (Å²) >= 11 is 13.7. The van der Waals surface area contributed by atoms with Gasteiger partial charge in [0.25, 0.3) is 0 Å². The number of carbonyl (C=O) groups is 2. The molecule has 0 saturated carbocycles. The van der Waals surface area contributed by atoms with Crippen LogP contribution in [-0.2, 0) is 16.0 Å². The molecule has 0 spiro atoms. The summed E-state index contributed by atoms with van der Waals surface area (Å²) in [5.41, 5.74) is -1.09. The van der Waals surface area contributed by atoms with E-state index in [0.29, 0.717) is 28.9 Å². The molecular formula is C25H20Cl2FNO8S. The molecule has 0 aliphatic carbocycles. The molecule has 0 amide bonds. The first-order valence-corrected chi connectivity index (χ1v) is 12.9. The molecular weight excluding hydrogens is 564 g/mol. The fraction of sp³-hybridized carbons (Fsp3) is 0.240. The van der Waals surface area contributed by atoms with E-state index in [9.17, 15) is 29.0 Å². The van der Waals surface area contributed by atoms with Gasteiger partial charge in [-0.3, -0.25) is 4.79 Å². The molecule has 0 saturated heterocycles. The van der Waals surface area contributed by atoms with Crippen molar-refractivity contribution in [2.75, 3.05) is 0 Å². The second-order valence-electron chi connectivity index (χ2n) is 8.19. The number of carbonyl (C=O) groups excluding carboxylic acids is 2. The number of benzene rings is 1. The summed E-state index contributed by atoms with van der Waals surface area (Å²) in [6.07, 6.45) is 2.79. The van der Waals surface area contributed by atoms with Crippen LogP contribution in [0, 0.1) is 5.82 Å². The highest BCUT2D eigenvalue weighted by Crippen LogP contribution is 2.42. The minimum Gasteiger partial charge on any atom is -0.492 e. The zero-order chi connectivity index (χ0) is 27.6. The smallest absolute Gasteiger partial charge is 0.345 e. The molecule has 0 radical (unpaired) electrons. The van der Waals surface area contributed by atoms with Crippen LogP contribution in [0.25, 0.3) is 21.4 Å². The van der Waals surface area contributed by atoms with Crippen LogP contribution >= 0.6 is 34.5 Å². The van der Waals surface area contributed by atoms with E-state index in [1.54, 1.807) is 6.07 Å². The maximum atomic E-state index is 14.9. The van der Waals surface area contributed by atoms with Gasteiger partial charge in [0.15, 0.2) is 11.3 Å². The number of rotatable bonds is 9. The van der Waals surface area contributed by atoms with E-state index in [2.05, 4.69) is 0 Å². The molecule has 0 aliphatic heterocycles. The monoisotopic (exact) mass is 583 g/mol. The number of nitrogens with zero attached hydrogens (tertiary/aromatic N) is 1. The third-order valence-electron chi connectivity index (χ3n) is 5.44. The van der Waals surface area contributed by atoms with Crippen LogP contribution in [0.4, 0.5) is 4.39 Å². The lowest BCUT2D eigenvalue weighted by Gasteiger charge is -2.10. The van der Waals surface area contributed by atoms with Crippen molar-refractivity contribution in [3.05, 3.63) is 61.5 Å². The predicted octanol–water partition coefficient (Wildman–Crippen LogP) is 5.86. The van der Waals surface area contributed by atoms with Crippen LogP contribution in [0.3, 0.4) is 0 Å². The Labute approximate surface area is 228 Å². The van der Waals surface area contributed by atoms with E-state index in [4.69, 9.17) is 37.2 Å². The number of esters is 1. The van der Waals surface area contributed by atoms with Gasteiger partial charge in [-0.05, 0) is 37.5 Å². The summed E-state index contributed by atoms with van der Waals surface area (Å²) in [6.45, 7) is 1.07. The van der Waals surface area contributed by atoms with Gasteiger partial charge in [-0.25, -0.2) is 9.59 Å². The van der Waals surface area contributed by atoms with Gasteiger partial charge in [-0.2, -0.15) is 4.39 Å². The van der Waals surface area contributed by atoms with Crippen LogP contribution < -0.4 is 15.2 Å². The summed E-state index contributed by atoms with van der Waals surface area (Å²) in [5.74, 6) is -3.89. The molecule has 0 atom stereocenters. The largest absolute Gasteiger partial charge is 0.492 e. The van der Waals surface area contributed by atoms with Gasteiger partial charge in [0.2, 0.25) is 17.6 Å². The van der Waals surface area contributed by atoms with Crippen LogP contribution in [0.2, 0.25) is 10.0 Å². The van der Waals surface area contributed by atoms with Crippen molar-refractivity contribution >= 4 is 57.4 Å². The number of aromatic hydroxyl groups is 2. The molecule has 0 fully saturated rings. The topological polar surface area (TPSA) is 128 Å². The van der Waals surface area contributed by atoms with Crippen molar-refractivity contribution in [1.82, 2.24) is 4.73 Å². The van der Waals surface area contributed by atoms with Gasteiger partial charge in [-0.1, -0.05) is 29.6 Å². The van der Waals surface area contributed by atoms with Crippen molar-refractivity contribution in [1.29, 1.82) is 0 Å². The van der Waals surface area contributed by atoms with Crippen LogP contribution in [0.1, 0.15) is 37.5 Å². The van der Waals surface area contributed by atoms with Gasteiger partial charge < -0.3 is 24.2 Å². The number of hydrogen-bond acceptors (Lipinski definition) is 9. The van der Waals surface area contributed by atoms with Crippen LogP contribution in [-0.4, -0.2) is 26.9 Å². The first kappa shape index (κ1) is 27.5. The van der Waals surface area contributed by atoms with Crippen LogP contribution in [0.15, 0.2) is 39.5 Å². The molecule has 200 valence electrons. The highest BCUT2D eigenvalue weighted by atomic mass is 35.5. The maximum absolute atomic E-state index is 14.9. The molecule has 3 heterocycles. The predicted molar refractivity (Wildman–Crippen MR) is 139 cm³/mol. The molecule has 4 rings (SSSR count).